The van der Waals surface area contributed by atoms with E-state index in [1.54, 1.807) is 0 Å². The molecular weight excluding hydrogens is 472 g/mol. The van der Waals surface area contributed by atoms with Gasteiger partial charge in [0.15, 0.2) is 0 Å². The maximum atomic E-state index is 13.5. The summed E-state index contributed by atoms with van der Waals surface area (Å²) in [6.45, 7) is 11.4. The molecule has 3 aliphatic carbocycles. The van der Waals surface area contributed by atoms with Gasteiger partial charge in [0.25, 0.3) is 5.91 Å². The lowest BCUT2D eigenvalue weighted by Gasteiger charge is -2.33. The SMILES string of the molecule is COC(=O)[C@H]1C[C@H](NC(=O)c2cn(-c3cc(C(C)(C)C)cc(C4(C)CC4)c3)c(CC3CCCCC3)c2C)C1. The molecule has 1 N–H and O–H groups in total. The highest BCUT2D eigenvalue weighted by Gasteiger charge is 2.40. The van der Waals surface area contributed by atoms with Crippen molar-refractivity contribution in [1.82, 2.24) is 9.88 Å². The normalized spacial score (nSPS) is 23.0. The third-order valence-electron chi connectivity index (χ3n) is 9.60. The number of carbonyl (C=O) groups is 2. The van der Waals surface area contributed by atoms with Crippen molar-refractivity contribution in [3.8, 4) is 5.69 Å². The molecule has 206 valence electrons. The van der Waals surface area contributed by atoms with Gasteiger partial charge in [-0.25, -0.2) is 0 Å². The number of hydrogen-bond acceptors (Lipinski definition) is 3. The van der Waals surface area contributed by atoms with Crippen molar-refractivity contribution in [2.45, 2.75) is 116 Å². The van der Waals surface area contributed by atoms with Gasteiger partial charge in [0.2, 0.25) is 0 Å². The Morgan fingerprint density at radius 1 is 1.08 bits per heavy atom. The van der Waals surface area contributed by atoms with Crippen LogP contribution in [0.2, 0.25) is 0 Å². The molecule has 2 aromatic rings. The van der Waals surface area contributed by atoms with Gasteiger partial charge in [-0.15, -0.1) is 0 Å². The van der Waals surface area contributed by atoms with Crippen LogP contribution < -0.4 is 5.32 Å². The average molecular weight is 519 g/mol. The Morgan fingerprint density at radius 2 is 1.76 bits per heavy atom. The number of ether oxygens (including phenoxy) is 1. The molecule has 1 aromatic heterocycles. The van der Waals surface area contributed by atoms with E-state index in [-0.39, 0.29) is 34.7 Å². The van der Waals surface area contributed by atoms with Gasteiger partial charge in [-0.1, -0.05) is 65.9 Å². The molecule has 1 aromatic carbocycles. The number of rotatable bonds is 7. The summed E-state index contributed by atoms with van der Waals surface area (Å²) in [5.41, 5.74) is 7.40. The zero-order chi connectivity index (χ0) is 27.2. The fourth-order valence-corrected chi connectivity index (χ4v) is 6.38. The van der Waals surface area contributed by atoms with Crippen LogP contribution in [0, 0.1) is 18.8 Å². The average Bonchev–Trinajstić information content (AvgIpc) is 3.54. The molecule has 3 saturated carbocycles. The van der Waals surface area contributed by atoms with Crippen LogP contribution in [0.15, 0.2) is 24.4 Å². The van der Waals surface area contributed by atoms with Crippen molar-refractivity contribution in [1.29, 1.82) is 0 Å². The largest absolute Gasteiger partial charge is 0.469 e. The molecule has 0 aliphatic heterocycles. The molecule has 0 radical (unpaired) electrons. The fourth-order valence-electron chi connectivity index (χ4n) is 6.38. The monoisotopic (exact) mass is 518 g/mol. The van der Waals surface area contributed by atoms with E-state index in [4.69, 9.17) is 4.74 Å². The molecule has 5 heteroatoms. The highest BCUT2D eigenvalue weighted by molar-refractivity contribution is 5.96. The van der Waals surface area contributed by atoms with E-state index in [9.17, 15) is 9.59 Å². The number of nitrogens with zero attached hydrogens (tertiary/aromatic N) is 1. The lowest BCUT2D eigenvalue weighted by atomic mass is 9.80. The third-order valence-corrected chi connectivity index (χ3v) is 9.60. The topological polar surface area (TPSA) is 60.3 Å². The van der Waals surface area contributed by atoms with Gasteiger partial charge < -0.3 is 14.6 Å². The van der Waals surface area contributed by atoms with Crippen molar-refractivity contribution >= 4 is 11.9 Å². The standard InChI is InChI=1S/C33H46N2O3/c1-21-28(30(36)34-26-15-23(16-26)31(37)38-6)20-35(29(21)14-22-10-8-7-9-11-22)27-18-24(32(2,3)4)17-25(19-27)33(5)12-13-33/h17-20,22-23,26H,7-16H2,1-6H3,(H,34,36)/t23-,26-. The molecule has 3 fully saturated rings. The van der Waals surface area contributed by atoms with Gasteiger partial charge in [-0.05, 0) is 84.6 Å². The quantitative estimate of drug-likeness (QED) is 0.404. The summed E-state index contributed by atoms with van der Waals surface area (Å²) in [6.07, 6.45) is 13.4. The minimum absolute atomic E-state index is 0.0270. The summed E-state index contributed by atoms with van der Waals surface area (Å²) in [4.78, 5) is 25.3. The number of aromatic nitrogens is 1. The number of hydrogen-bond donors (Lipinski definition) is 1. The second kappa shape index (κ2) is 10.2. The molecule has 0 spiro atoms. The molecular formula is C33H46N2O3. The van der Waals surface area contributed by atoms with Crippen molar-refractivity contribution < 1.29 is 14.3 Å². The first-order valence-electron chi connectivity index (χ1n) is 14.7. The maximum absolute atomic E-state index is 13.5. The van der Waals surface area contributed by atoms with E-state index in [1.807, 2.05) is 0 Å². The summed E-state index contributed by atoms with van der Waals surface area (Å²) in [5.74, 6) is 0.373. The molecule has 1 amide bonds. The summed E-state index contributed by atoms with van der Waals surface area (Å²) in [6, 6.07) is 7.16. The van der Waals surface area contributed by atoms with Gasteiger partial charge >= 0.3 is 5.97 Å². The smallest absolute Gasteiger partial charge is 0.308 e. The van der Waals surface area contributed by atoms with Crippen LogP contribution in [0.25, 0.3) is 5.69 Å². The van der Waals surface area contributed by atoms with E-state index in [0.29, 0.717) is 18.8 Å². The van der Waals surface area contributed by atoms with Crippen LogP contribution in [0.1, 0.15) is 118 Å². The number of benzene rings is 1. The fraction of sp³-hybridized carbons (Fsp3) is 0.636. The first-order valence-corrected chi connectivity index (χ1v) is 14.7. The van der Waals surface area contributed by atoms with Gasteiger partial charge in [-0.3, -0.25) is 9.59 Å². The Hall–Kier alpha value is -2.56. The van der Waals surface area contributed by atoms with E-state index >= 15 is 0 Å². The molecule has 38 heavy (non-hydrogen) atoms. The zero-order valence-electron chi connectivity index (χ0n) is 24.3. The Bertz CT molecular complexity index is 1180. The molecule has 0 unspecified atom stereocenters. The second-order valence-electron chi connectivity index (χ2n) is 13.6. The van der Waals surface area contributed by atoms with Crippen LogP contribution >= 0.6 is 0 Å². The Morgan fingerprint density at radius 3 is 2.37 bits per heavy atom. The highest BCUT2D eigenvalue weighted by Crippen LogP contribution is 2.49. The molecule has 0 saturated heterocycles. The summed E-state index contributed by atoms with van der Waals surface area (Å²) >= 11 is 0. The second-order valence-corrected chi connectivity index (χ2v) is 13.6. The molecule has 0 bridgehead atoms. The van der Waals surface area contributed by atoms with E-state index in [0.717, 1.165) is 17.5 Å². The number of amides is 1. The number of esters is 1. The van der Waals surface area contributed by atoms with Crippen LogP contribution in [-0.4, -0.2) is 29.6 Å². The molecule has 3 aliphatic rings. The number of methoxy groups -OCH3 is 1. The van der Waals surface area contributed by atoms with Gasteiger partial charge in [-0.2, -0.15) is 0 Å². The predicted octanol–water partition coefficient (Wildman–Crippen LogP) is 6.94. The predicted molar refractivity (Wildman–Crippen MR) is 152 cm³/mol. The minimum atomic E-state index is -0.175. The molecule has 5 nitrogen and oxygen atoms in total. The number of carbonyl (C=O) groups excluding carboxylic acids is 2. The van der Waals surface area contributed by atoms with Crippen LogP contribution in [0.5, 0.6) is 0 Å². The van der Waals surface area contributed by atoms with Crippen molar-refractivity contribution in [2.24, 2.45) is 11.8 Å². The Kier molecular flexibility index (Phi) is 7.26. The van der Waals surface area contributed by atoms with E-state index in [2.05, 4.69) is 68.9 Å². The van der Waals surface area contributed by atoms with Crippen LogP contribution in [0.4, 0.5) is 0 Å². The van der Waals surface area contributed by atoms with Crippen molar-refractivity contribution in [3.05, 3.63) is 52.3 Å². The van der Waals surface area contributed by atoms with Crippen LogP contribution in [0.3, 0.4) is 0 Å². The maximum Gasteiger partial charge on any atom is 0.308 e. The lowest BCUT2D eigenvalue weighted by Crippen LogP contribution is -2.47. The first-order chi connectivity index (χ1) is 18.0. The van der Waals surface area contributed by atoms with Gasteiger partial charge in [0, 0.05) is 23.6 Å². The van der Waals surface area contributed by atoms with Gasteiger partial charge in [0.1, 0.15) is 0 Å². The lowest BCUT2D eigenvalue weighted by molar-refractivity contribution is -0.149. The Balaban J connectivity index is 1.50. The summed E-state index contributed by atoms with van der Waals surface area (Å²) in [5, 5.41) is 3.20. The first kappa shape index (κ1) is 27.0. The third kappa shape index (κ3) is 5.44. The van der Waals surface area contributed by atoms with Crippen molar-refractivity contribution in [2.75, 3.05) is 7.11 Å². The minimum Gasteiger partial charge on any atom is -0.469 e. The Labute approximate surface area is 228 Å². The molecule has 1 heterocycles. The zero-order valence-corrected chi connectivity index (χ0v) is 24.3. The van der Waals surface area contributed by atoms with Crippen molar-refractivity contribution in [3.63, 3.8) is 0 Å². The van der Waals surface area contributed by atoms with E-state index < -0.39 is 0 Å². The van der Waals surface area contributed by atoms with Gasteiger partial charge in [0.05, 0.1) is 18.6 Å². The highest BCUT2D eigenvalue weighted by atomic mass is 16.5. The summed E-state index contributed by atoms with van der Waals surface area (Å²) < 4.78 is 7.20. The molecule has 5 rings (SSSR count). The van der Waals surface area contributed by atoms with Crippen LogP contribution in [-0.2, 0) is 26.8 Å². The molecule has 0 atom stereocenters. The van der Waals surface area contributed by atoms with E-state index in [1.165, 1.54) is 74.6 Å². The summed E-state index contributed by atoms with van der Waals surface area (Å²) in [7, 11) is 1.43. The number of nitrogens with one attached hydrogen (secondary N) is 1.